The summed E-state index contributed by atoms with van der Waals surface area (Å²) in [6.07, 6.45) is 2.66. The molecule has 0 saturated carbocycles. The van der Waals surface area contributed by atoms with Crippen LogP contribution in [0, 0.1) is 5.92 Å². The summed E-state index contributed by atoms with van der Waals surface area (Å²) in [4.78, 5) is 28.0. The number of amides is 2. The second-order valence-corrected chi connectivity index (χ2v) is 7.56. The predicted molar refractivity (Wildman–Crippen MR) is 104 cm³/mol. The molecule has 2 saturated heterocycles. The van der Waals surface area contributed by atoms with Gasteiger partial charge in [0.15, 0.2) is 0 Å². The van der Waals surface area contributed by atoms with E-state index >= 15 is 0 Å². The predicted octanol–water partition coefficient (Wildman–Crippen LogP) is 2.29. The first-order chi connectivity index (χ1) is 13.0. The Morgan fingerprint density at radius 3 is 2.41 bits per heavy atom. The Labute approximate surface area is 158 Å². The minimum Gasteiger partial charge on any atom is -0.381 e. The summed E-state index contributed by atoms with van der Waals surface area (Å²) in [6.45, 7) is 5.33. The number of hydrogen-bond acceptors (Lipinski definition) is 3. The highest BCUT2D eigenvalue weighted by molar-refractivity contribution is 5.88. The van der Waals surface area contributed by atoms with Crippen molar-refractivity contribution in [2.24, 2.45) is 5.92 Å². The summed E-state index contributed by atoms with van der Waals surface area (Å²) in [7, 11) is 0. The van der Waals surface area contributed by atoms with Crippen LogP contribution in [0.3, 0.4) is 0 Å². The zero-order valence-electron chi connectivity index (χ0n) is 15.3. The molecular weight excluding hydrogens is 340 g/mol. The average molecular weight is 364 g/mol. The SMILES string of the molecule is C=CC(=O)N1CCC(C(=O)N2CC(O)(c3cccc4ccccc34)C2)CC1. The fourth-order valence-corrected chi connectivity index (χ4v) is 4.28. The third kappa shape index (κ3) is 3.12. The van der Waals surface area contributed by atoms with Crippen LogP contribution in [0.1, 0.15) is 18.4 Å². The topological polar surface area (TPSA) is 60.9 Å². The van der Waals surface area contributed by atoms with Crippen LogP contribution in [-0.2, 0) is 15.2 Å². The summed E-state index contributed by atoms with van der Waals surface area (Å²) in [6, 6.07) is 13.9. The van der Waals surface area contributed by atoms with Crippen LogP contribution in [0.4, 0.5) is 0 Å². The lowest BCUT2D eigenvalue weighted by Crippen LogP contribution is -2.62. The van der Waals surface area contributed by atoms with Gasteiger partial charge in [0.25, 0.3) is 0 Å². The quantitative estimate of drug-likeness (QED) is 0.850. The molecule has 140 valence electrons. The standard InChI is InChI=1S/C22H24N2O3/c1-2-20(25)23-12-10-17(11-13-23)21(26)24-14-22(27,15-24)19-9-5-7-16-6-3-4-8-18(16)19/h2-9,17,27H,1,10-15H2. The highest BCUT2D eigenvalue weighted by Crippen LogP contribution is 2.37. The van der Waals surface area contributed by atoms with Crippen LogP contribution in [0.2, 0.25) is 0 Å². The Balaban J connectivity index is 1.42. The summed E-state index contributed by atoms with van der Waals surface area (Å²) in [5.74, 6) is -0.0586. The molecule has 5 nitrogen and oxygen atoms in total. The van der Waals surface area contributed by atoms with Gasteiger partial charge >= 0.3 is 0 Å². The molecule has 27 heavy (non-hydrogen) atoms. The van der Waals surface area contributed by atoms with Crippen molar-refractivity contribution in [3.8, 4) is 0 Å². The van der Waals surface area contributed by atoms with Gasteiger partial charge in [-0.05, 0) is 35.3 Å². The summed E-state index contributed by atoms with van der Waals surface area (Å²) in [5.41, 5.74) is -0.105. The molecule has 0 radical (unpaired) electrons. The Morgan fingerprint density at radius 1 is 1.04 bits per heavy atom. The fourth-order valence-electron chi connectivity index (χ4n) is 4.28. The zero-order valence-corrected chi connectivity index (χ0v) is 15.3. The number of piperidine rings is 1. The smallest absolute Gasteiger partial charge is 0.245 e. The van der Waals surface area contributed by atoms with Crippen molar-refractivity contribution in [1.82, 2.24) is 9.80 Å². The molecule has 0 aromatic heterocycles. The molecule has 2 heterocycles. The minimum atomic E-state index is -0.990. The number of nitrogens with zero attached hydrogens (tertiary/aromatic N) is 2. The summed E-state index contributed by atoms with van der Waals surface area (Å²) in [5, 5.41) is 13.2. The highest BCUT2D eigenvalue weighted by Gasteiger charge is 2.47. The van der Waals surface area contributed by atoms with E-state index in [1.165, 1.54) is 6.08 Å². The first kappa shape index (κ1) is 17.7. The fraction of sp³-hybridized carbons (Fsp3) is 0.364. The maximum Gasteiger partial charge on any atom is 0.245 e. The Kier molecular flexibility index (Phi) is 4.48. The number of likely N-dealkylation sites (tertiary alicyclic amines) is 2. The number of rotatable bonds is 3. The molecule has 0 spiro atoms. The van der Waals surface area contributed by atoms with Crippen molar-refractivity contribution >= 4 is 22.6 Å². The Bertz CT molecular complexity index is 888. The first-order valence-electron chi connectivity index (χ1n) is 9.42. The van der Waals surface area contributed by atoms with Gasteiger partial charge in [-0.3, -0.25) is 9.59 Å². The molecule has 1 N–H and O–H groups in total. The van der Waals surface area contributed by atoms with Crippen LogP contribution in [-0.4, -0.2) is 52.9 Å². The van der Waals surface area contributed by atoms with E-state index in [-0.39, 0.29) is 17.7 Å². The number of benzene rings is 2. The number of carbonyl (C=O) groups is 2. The van der Waals surface area contributed by atoms with E-state index < -0.39 is 5.60 Å². The van der Waals surface area contributed by atoms with Crippen LogP contribution in [0.25, 0.3) is 10.8 Å². The second-order valence-electron chi connectivity index (χ2n) is 7.56. The monoisotopic (exact) mass is 364 g/mol. The molecule has 2 fully saturated rings. The number of aliphatic hydroxyl groups is 1. The van der Waals surface area contributed by atoms with Gasteiger partial charge in [-0.15, -0.1) is 0 Å². The van der Waals surface area contributed by atoms with Gasteiger partial charge in [-0.25, -0.2) is 0 Å². The van der Waals surface area contributed by atoms with Gasteiger partial charge in [0.2, 0.25) is 11.8 Å². The van der Waals surface area contributed by atoms with Crippen LogP contribution in [0.5, 0.6) is 0 Å². The minimum absolute atomic E-state index is 0.0732. The van der Waals surface area contributed by atoms with Crippen molar-refractivity contribution in [3.63, 3.8) is 0 Å². The molecule has 5 heteroatoms. The van der Waals surface area contributed by atoms with Gasteiger partial charge in [-0.2, -0.15) is 0 Å². The van der Waals surface area contributed by atoms with Crippen molar-refractivity contribution in [2.45, 2.75) is 18.4 Å². The van der Waals surface area contributed by atoms with Crippen molar-refractivity contribution in [2.75, 3.05) is 26.2 Å². The largest absolute Gasteiger partial charge is 0.381 e. The molecule has 0 bridgehead atoms. The highest BCUT2D eigenvalue weighted by atomic mass is 16.3. The van der Waals surface area contributed by atoms with Crippen LogP contribution < -0.4 is 0 Å². The Morgan fingerprint density at radius 2 is 1.70 bits per heavy atom. The molecule has 2 amide bonds. The van der Waals surface area contributed by atoms with Gasteiger partial charge in [-0.1, -0.05) is 49.0 Å². The van der Waals surface area contributed by atoms with E-state index in [1.54, 1.807) is 9.80 Å². The Hall–Kier alpha value is -2.66. The molecule has 0 unspecified atom stereocenters. The van der Waals surface area contributed by atoms with Gasteiger partial charge in [0.05, 0.1) is 13.1 Å². The molecule has 2 aliphatic heterocycles. The second kappa shape index (κ2) is 6.82. The number of β-amino-alcohol motifs (C(OH)–C–C–N with tert-alkyl or cyclic N) is 1. The first-order valence-corrected chi connectivity index (χ1v) is 9.42. The van der Waals surface area contributed by atoms with E-state index in [2.05, 4.69) is 6.58 Å². The number of carbonyl (C=O) groups excluding carboxylic acids is 2. The third-order valence-corrected chi connectivity index (χ3v) is 5.84. The lowest BCUT2D eigenvalue weighted by atomic mass is 9.82. The summed E-state index contributed by atoms with van der Waals surface area (Å²) < 4.78 is 0. The van der Waals surface area contributed by atoms with Crippen molar-refractivity contribution in [3.05, 3.63) is 60.7 Å². The van der Waals surface area contributed by atoms with E-state index in [4.69, 9.17) is 0 Å². The third-order valence-electron chi connectivity index (χ3n) is 5.84. The number of fused-ring (bicyclic) bond motifs is 1. The molecule has 0 aliphatic carbocycles. The van der Waals surface area contributed by atoms with Gasteiger partial charge < -0.3 is 14.9 Å². The molecule has 2 aromatic rings. The van der Waals surface area contributed by atoms with Crippen LogP contribution in [0.15, 0.2) is 55.1 Å². The molecule has 0 atom stereocenters. The average Bonchev–Trinajstić information content (AvgIpc) is 2.70. The van der Waals surface area contributed by atoms with E-state index in [0.717, 1.165) is 16.3 Å². The van der Waals surface area contributed by atoms with Gasteiger partial charge in [0, 0.05) is 19.0 Å². The van der Waals surface area contributed by atoms with E-state index in [1.807, 2.05) is 42.5 Å². The zero-order chi connectivity index (χ0) is 19.0. The summed E-state index contributed by atoms with van der Waals surface area (Å²) >= 11 is 0. The molecule has 4 rings (SSSR count). The van der Waals surface area contributed by atoms with Gasteiger partial charge in [0.1, 0.15) is 5.60 Å². The lowest BCUT2D eigenvalue weighted by molar-refractivity contribution is -0.163. The number of hydrogen-bond donors (Lipinski definition) is 1. The molecular formula is C22H24N2O3. The van der Waals surface area contributed by atoms with Crippen LogP contribution >= 0.6 is 0 Å². The van der Waals surface area contributed by atoms with E-state index in [9.17, 15) is 14.7 Å². The van der Waals surface area contributed by atoms with Crippen molar-refractivity contribution < 1.29 is 14.7 Å². The normalized spacial score (nSPS) is 19.6. The molecule has 2 aliphatic rings. The lowest BCUT2D eigenvalue weighted by Gasteiger charge is -2.48. The maximum absolute atomic E-state index is 12.8. The molecule has 2 aromatic carbocycles. The van der Waals surface area contributed by atoms with E-state index in [0.29, 0.717) is 39.0 Å². The maximum atomic E-state index is 12.8. The van der Waals surface area contributed by atoms with Crippen molar-refractivity contribution in [1.29, 1.82) is 0 Å².